The highest BCUT2D eigenvalue weighted by molar-refractivity contribution is 7.14. The van der Waals surface area contributed by atoms with Gasteiger partial charge >= 0.3 is 0 Å². The van der Waals surface area contributed by atoms with Crippen molar-refractivity contribution in [3.05, 3.63) is 40.9 Å². The van der Waals surface area contributed by atoms with E-state index >= 15 is 0 Å². The number of nitrogens with one attached hydrogen (secondary N) is 2. The second-order valence-corrected chi connectivity index (χ2v) is 7.26. The second kappa shape index (κ2) is 8.05. The van der Waals surface area contributed by atoms with Gasteiger partial charge in [0.25, 0.3) is 0 Å². The summed E-state index contributed by atoms with van der Waals surface area (Å²) in [6.07, 6.45) is -0.284. The molecule has 6 nitrogen and oxygen atoms in total. The number of carbonyl (C=O) groups is 1. The number of aromatic nitrogens is 1. The van der Waals surface area contributed by atoms with Crippen LogP contribution in [0.2, 0.25) is 0 Å². The number of nitrogens with zero attached hydrogens (tertiary/aromatic N) is 2. The summed E-state index contributed by atoms with van der Waals surface area (Å²) in [5.74, 6) is 0.178. The normalized spacial score (nSPS) is 20.0. The summed E-state index contributed by atoms with van der Waals surface area (Å²) in [4.78, 5) is 18.3. The lowest BCUT2D eigenvalue weighted by Gasteiger charge is -2.18. The molecule has 0 bridgehead atoms. The standard InChI is InChI=1S/C18H24N4O2S/c1-12-3-5-16(6-4-12)22(13(2)23)18-21-15(11-25-18)9-19-7-14-8-20-10-17(14)24/h3-6,11,14,17,19-20,24H,7-10H2,1-2H3. The maximum Gasteiger partial charge on any atom is 0.230 e. The Hall–Kier alpha value is -1.80. The molecule has 1 fully saturated rings. The van der Waals surface area contributed by atoms with Crippen molar-refractivity contribution in [2.45, 2.75) is 26.5 Å². The maximum absolute atomic E-state index is 12.1. The lowest BCUT2D eigenvalue weighted by molar-refractivity contribution is -0.115. The van der Waals surface area contributed by atoms with Gasteiger partial charge in [-0.25, -0.2) is 4.98 Å². The van der Waals surface area contributed by atoms with Gasteiger partial charge in [0.2, 0.25) is 5.91 Å². The zero-order chi connectivity index (χ0) is 17.8. The van der Waals surface area contributed by atoms with Gasteiger partial charge in [-0.2, -0.15) is 0 Å². The van der Waals surface area contributed by atoms with Crippen LogP contribution < -0.4 is 15.5 Å². The fourth-order valence-corrected chi connectivity index (χ4v) is 3.80. The zero-order valence-corrected chi connectivity index (χ0v) is 15.3. The number of hydrogen-bond acceptors (Lipinski definition) is 6. The molecule has 2 unspecified atom stereocenters. The Morgan fingerprint density at radius 1 is 1.40 bits per heavy atom. The molecule has 0 saturated carbocycles. The Labute approximate surface area is 151 Å². The minimum atomic E-state index is -0.284. The van der Waals surface area contributed by atoms with Gasteiger partial charge in [-0.05, 0) is 19.1 Å². The summed E-state index contributed by atoms with van der Waals surface area (Å²) in [7, 11) is 0. The van der Waals surface area contributed by atoms with E-state index in [4.69, 9.17) is 0 Å². The second-order valence-electron chi connectivity index (χ2n) is 6.43. The Morgan fingerprint density at radius 2 is 2.16 bits per heavy atom. The Kier molecular flexibility index (Phi) is 5.80. The number of rotatable bonds is 6. The third-order valence-electron chi connectivity index (χ3n) is 4.35. The molecule has 1 aliphatic heterocycles. The molecule has 3 rings (SSSR count). The summed E-state index contributed by atoms with van der Waals surface area (Å²) in [6, 6.07) is 7.85. The van der Waals surface area contributed by atoms with Crippen molar-refractivity contribution >= 4 is 28.1 Å². The van der Waals surface area contributed by atoms with Gasteiger partial charge < -0.3 is 15.7 Å². The molecule has 1 aromatic carbocycles. The lowest BCUT2D eigenvalue weighted by Crippen LogP contribution is -2.30. The fourth-order valence-electron chi connectivity index (χ4n) is 2.91. The van der Waals surface area contributed by atoms with Crippen molar-refractivity contribution in [1.29, 1.82) is 0 Å². The van der Waals surface area contributed by atoms with Crippen LogP contribution in [0.4, 0.5) is 10.8 Å². The van der Waals surface area contributed by atoms with Crippen molar-refractivity contribution < 1.29 is 9.90 Å². The van der Waals surface area contributed by atoms with E-state index in [0.717, 1.165) is 30.0 Å². The van der Waals surface area contributed by atoms with Gasteiger partial charge in [-0.3, -0.25) is 9.69 Å². The highest BCUT2D eigenvalue weighted by Crippen LogP contribution is 2.29. The van der Waals surface area contributed by atoms with Crippen LogP contribution in [-0.2, 0) is 11.3 Å². The van der Waals surface area contributed by atoms with E-state index in [1.807, 2.05) is 36.6 Å². The summed E-state index contributed by atoms with van der Waals surface area (Å²) < 4.78 is 0. The SMILES string of the molecule is CC(=O)N(c1ccc(C)cc1)c1nc(CNCC2CNCC2O)cs1. The first-order valence-corrected chi connectivity index (χ1v) is 9.34. The monoisotopic (exact) mass is 360 g/mol. The van der Waals surface area contributed by atoms with E-state index in [9.17, 15) is 9.90 Å². The molecule has 1 aromatic heterocycles. The molecule has 1 amide bonds. The van der Waals surface area contributed by atoms with Gasteiger partial charge in [-0.1, -0.05) is 17.7 Å². The topological polar surface area (TPSA) is 77.5 Å². The molecule has 134 valence electrons. The van der Waals surface area contributed by atoms with E-state index in [0.29, 0.717) is 18.2 Å². The van der Waals surface area contributed by atoms with Gasteiger partial charge in [0.05, 0.1) is 17.5 Å². The molecule has 25 heavy (non-hydrogen) atoms. The van der Waals surface area contributed by atoms with E-state index in [2.05, 4.69) is 15.6 Å². The van der Waals surface area contributed by atoms with Crippen molar-refractivity contribution in [1.82, 2.24) is 15.6 Å². The van der Waals surface area contributed by atoms with Crippen LogP contribution in [0.15, 0.2) is 29.6 Å². The minimum absolute atomic E-state index is 0.0575. The maximum atomic E-state index is 12.1. The molecule has 1 aliphatic rings. The first-order valence-electron chi connectivity index (χ1n) is 8.46. The van der Waals surface area contributed by atoms with Crippen LogP contribution in [0.5, 0.6) is 0 Å². The van der Waals surface area contributed by atoms with Crippen LogP contribution in [0.3, 0.4) is 0 Å². The van der Waals surface area contributed by atoms with Crippen molar-refractivity contribution in [2.75, 3.05) is 24.5 Å². The van der Waals surface area contributed by atoms with Crippen LogP contribution in [-0.4, -0.2) is 41.7 Å². The first-order chi connectivity index (χ1) is 12.0. The first kappa shape index (κ1) is 18.0. The molecule has 0 radical (unpaired) electrons. The van der Waals surface area contributed by atoms with Gasteiger partial charge in [0.15, 0.2) is 5.13 Å². The molecular formula is C18H24N4O2S. The number of aliphatic hydroxyl groups excluding tert-OH is 1. The van der Waals surface area contributed by atoms with E-state index in [-0.39, 0.29) is 17.9 Å². The molecule has 7 heteroatoms. The highest BCUT2D eigenvalue weighted by atomic mass is 32.1. The third kappa shape index (κ3) is 4.43. The number of carbonyl (C=O) groups excluding carboxylic acids is 1. The molecule has 2 atom stereocenters. The Morgan fingerprint density at radius 3 is 2.80 bits per heavy atom. The number of aryl methyl sites for hydroxylation is 1. The van der Waals surface area contributed by atoms with Crippen LogP contribution in [0, 0.1) is 12.8 Å². The summed E-state index contributed by atoms with van der Waals surface area (Å²) >= 11 is 1.46. The van der Waals surface area contributed by atoms with Crippen LogP contribution >= 0.6 is 11.3 Å². The van der Waals surface area contributed by atoms with E-state index < -0.39 is 0 Å². The van der Waals surface area contributed by atoms with Crippen molar-refractivity contribution in [3.8, 4) is 0 Å². The number of amides is 1. The van der Waals surface area contributed by atoms with Gasteiger partial charge in [-0.15, -0.1) is 11.3 Å². The zero-order valence-electron chi connectivity index (χ0n) is 14.5. The fraction of sp³-hybridized carbons (Fsp3) is 0.444. The van der Waals surface area contributed by atoms with Crippen molar-refractivity contribution in [3.63, 3.8) is 0 Å². The quantitative estimate of drug-likeness (QED) is 0.732. The molecule has 0 spiro atoms. The average molecular weight is 360 g/mol. The molecule has 3 N–H and O–H groups in total. The van der Waals surface area contributed by atoms with E-state index in [1.165, 1.54) is 11.3 Å². The molecule has 2 heterocycles. The molecule has 2 aromatic rings. The Bertz CT molecular complexity index is 716. The number of thiazole rings is 1. The number of aliphatic hydroxyl groups is 1. The largest absolute Gasteiger partial charge is 0.391 e. The van der Waals surface area contributed by atoms with E-state index in [1.54, 1.807) is 11.8 Å². The summed E-state index contributed by atoms with van der Waals surface area (Å²) in [6.45, 7) is 6.44. The molecule has 0 aliphatic carbocycles. The Balaban J connectivity index is 1.64. The van der Waals surface area contributed by atoms with Gasteiger partial charge in [0, 0.05) is 44.4 Å². The predicted molar refractivity (Wildman–Crippen MR) is 100 cm³/mol. The smallest absolute Gasteiger partial charge is 0.230 e. The third-order valence-corrected chi connectivity index (χ3v) is 5.23. The minimum Gasteiger partial charge on any atom is -0.391 e. The lowest BCUT2D eigenvalue weighted by atomic mass is 10.1. The molecular weight excluding hydrogens is 336 g/mol. The highest BCUT2D eigenvalue weighted by Gasteiger charge is 2.24. The predicted octanol–water partition coefficient (Wildman–Crippen LogP) is 1.81. The summed E-state index contributed by atoms with van der Waals surface area (Å²) in [5.41, 5.74) is 2.88. The van der Waals surface area contributed by atoms with Crippen LogP contribution in [0.1, 0.15) is 18.2 Å². The number of benzene rings is 1. The van der Waals surface area contributed by atoms with Crippen molar-refractivity contribution in [2.24, 2.45) is 5.92 Å². The number of β-amino-alcohol motifs (C(OH)–C–C–N with tert-alkyl or cyclic N) is 1. The number of hydrogen-bond donors (Lipinski definition) is 3. The number of anilines is 2. The van der Waals surface area contributed by atoms with Crippen LogP contribution in [0.25, 0.3) is 0 Å². The molecule has 1 saturated heterocycles. The average Bonchev–Trinajstić information content (AvgIpc) is 3.19. The summed E-state index contributed by atoms with van der Waals surface area (Å²) in [5, 5.41) is 19.0. The van der Waals surface area contributed by atoms with Gasteiger partial charge in [0.1, 0.15) is 0 Å².